The van der Waals surface area contributed by atoms with E-state index >= 15 is 0 Å². The van der Waals surface area contributed by atoms with Gasteiger partial charge in [-0.1, -0.05) is 43.9 Å². The molecule has 1 heteroatoms. The normalized spacial score (nSPS) is 19.6. The summed E-state index contributed by atoms with van der Waals surface area (Å²) in [6, 6.07) is 8.81. The van der Waals surface area contributed by atoms with Crippen LogP contribution in [0.15, 0.2) is 24.3 Å². The van der Waals surface area contributed by atoms with Crippen LogP contribution in [0.2, 0.25) is 19.6 Å². The summed E-state index contributed by atoms with van der Waals surface area (Å²) >= 11 is 0. The Morgan fingerprint density at radius 1 is 1.12 bits per heavy atom. The summed E-state index contributed by atoms with van der Waals surface area (Å²) in [5, 5.41) is 0. The first-order valence-corrected chi connectivity index (χ1v) is 9.64. The van der Waals surface area contributed by atoms with Crippen molar-refractivity contribution in [3.05, 3.63) is 35.4 Å². The lowest BCUT2D eigenvalue weighted by molar-refractivity contribution is 0.571. The molecule has 0 aliphatic heterocycles. The number of aryl methyl sites for hydroxylation is 1. The van der Waals surface area contributed by atoms with E-state index in [4.69, 9.17) is 0 Å². The lowest BCUT2D eigenvalue weighted by atomic mass is 9.84. The molecule has 1 aromatic carbocycles. The Balaban J connectivity index is 2.11. The third-order valence-corrected chi connectivity index (χ3v) is 3.89. The molecule has 0 radical (unpaired) electrons. The lowest BCUT2D eigenvalue weighted by Gasteiger charge is -2.20. The summed E-state index contributed by atoms with van der Waals surface area (Å²) in [4.78, 5) is 0. The summed E-state index contributed by atoms with van der Waals surface area (Å²) in [7, 11) is -1.19. The van der Waals surface area contributed by atoms with Crippen LogP contribution in [0.4, 0.5) is 0 Å². The van der Waals surface area contributed by atoms with E-state index in [1.807, 2.05) is 0 Å². The largest absolute Gasteiger partial charge is 0.132 e. The summed E-state index contributed by atoms with van der Waals surface area (Å²) < 4.78 is 0. The van der Waals surface area contributed by atoms with E-state index in [0.29, 0.717) is 5.92 Å². The van der Waals surface area contributed by atoms with Gasteiger partial charge in [-0.2, -0.15) is 0 Å². The Morgan fingerprint density at radius 3 is 2.50 bits per heavy atom. The zero-order chi connectivity index (χ0) is 11.6. The molecule has 0 saturated heterocycles. The summed E-state index contributed by atoms with van der Waals surface area (Å²) in [5.74, 6) is 4.11. The molecule has 0 saturated carbocycles. The lowest BCUT2D eigenvalue weighted by Crippen LogP contribution is -2.18. The molecule has 2 rings (SSSR count). The standard InChI is InChI=1S/C15H20Si/c1-16(2,3)11-10-13-8-9-14-6-4-5-7-15(14)12-13/h4-7,13H,8-9,12H2,1-3H3. The number of benzene rings is 1. The van der Waals surface area contributed by atoms with Crippen molar-refractivity contribution in [2.45, 2.75) is 38.9 Å². The average molecular weight is 228 g/mol. The van der Waals surface area contributed by atoms with Crippen LogP contribution in [0.1, 0.15) is 17.5 Å². The van der Waals surface area contributed by atoms with Gasteiger partial charge in [0, 0.05) is 5.92 Å². The molecule has 0 heterocycles. The first kappa shape index (κ1) is 11.5. The minimum absolute atomic E-state index is 0.599. The molecule has 1 aliphatic carbocycles. The maximum atomic E-state index is 3.51. The summed E-state index contributed by atoms with van der Waals surface area (Å²) in [6.07, 6.45) is 3.61. The van der Waals surface area contributed by atoms with Crippen LogP contribution in [-0.2, 0) is 12.8 Å². The van der Waals surface area contributed by atoms with Gasteiger partial charge < -0.3 is 0 Å². The second-order valence-electron chi connectivity index (χ2n) is 5.73. The van der Waals surface area contributed by atoms with Crippen LogP contribution in [0.25, 0.3) is 0 Å². The summed E-state index contributed by atoms with van der Waals surface area (Å²) in [6.45, 7) is 6.95. The Bertz CT molecular complexity index is 429. The third-order valence-electron chi connectivity index (χ3n) is 3.00. The van der Waals surface area contributed by atoms with Crippen molar-refractivity contribution in [2.24, 2.45) is 5.92 Å². The highest BCUT2D eigenvalue weighted by molar-refractivity contribution is 6.83. The maximum Gasteiger partial charge on any atom is 0.129 e. The van der Waals surface area contributed by atoms with E-state index in [1.54, 1.807) is 0 Å². The monoisotopic (exact) mass is 228 g/mol. The fraction of sp³-hybridized carbons (Fsp3) is 0.467. The van der Waals surface area contributed by atoms with Crippen molar-refractivity contribution < 1.29 is 0 Å². The van der Waals surface area contributed by atoms with Crippen molar-refractivity contribution in [1.82, 2.24) is 0 Å². The Kier molecular flexibility index (Phi) is 3.21. The van der Waals surface area contributed by atoms with Gasteiger partial charge in [0.15, 0.2) is 0 Å². The molecule has 0 spiro atoms. The first-order valence-electron chi connectivity index (χ1n) is 6.14. The van der Waals surface area contributed by atoms with Gasteiger partial charge in [-0.25, -0.2) is 0 Å². The van der Waals surface area contributed by atoms with Crippen LogP contribution in [-0.4, -0.2) is 8.07 Å². The fourth-order valence-electron chi connectivity index (χ4n) is 2.14. The smallest absolute Gasteiger partial charge is 0.129 e. The fourth-order valence-corrected chi connectivity index (χ4v) is 2.78. The molecule has 1 aromatic rings. The van der Waals surface area contributed by atoms with E-state index in [1.165, 1.54) is 24.0 Å². The predicted octanol–water partition coefficient (Wildman–Crippen LogP) is 3.67. The zero-order valence-electron chi connectivity index (χ0n) is 10.5. The highest BCUT2D eigenvalue weighted by atomic mass is 28.3. The van der Waals surface area contributed by atoms with Crippen molar-refractivity contribution in [3.8, 4) is 11.5 Å². The molecule has 0 aromatic heterocycles. The van der Waals surface area contributed by atoms with Crippen molar-refractivity contribution in [2.75, 3.05) is 0 Å². The molecular formula is C15H20Si. The van der Waals surface area contributed by atoms with Crippen LogP contribution in [0.5, 0.6) is 0 Å². The SMILES string of the molecule is C[Si](C)(C)C#CC1CCc2ccccc2C1. The highest BCUT2D eigenvalue weighted by Crippen LogP contribution is 2.24. The van der Waals surface area contributed by atoms with Crippen molar-refractivity contribution in [1.29, 1.82) is 0 Å². The third kappa shape index (κ3) is 2.99. The predicted molar refractivity (Wildman–Crippen MR) is 73.1 cm³/mol. The molecule has 1 atom stereocenters. The molecule has 84 valence electrons. The average Bonchev–Trinajstić information content (AvgIpc) is 2.25. The number of rotatable bonds is 0. The molecule has 0 fully saturated rings. The molecule has 0 nitrogen and oxygen atoms in total. The number of hydrogen-bond donors (Lipinski definition) is 0. The van der Waals surface area contributed by atoms with Gasteiger partial charge in [-0.3, -0.25) is 0 Å². The Labute approximate surface area is 100 Å². The quantitative estimate of drug-likeness (QED) is 0.469. The van der Waals surface area contributed by atoms with E-state index in [0.717, 1.165) is 6.42 Å². The summed E-state index contributed by atoms with van der Waals surface area (Å²) in [5.41, 5.74) is 6.56. The van der Waals surface area contributed by atoms with Crippen molar-refractivity contribution >= 4 is 8.07 Å². The minimum atomic E-state index is -1.19. The van der Waals surface area contributed by atoms with E-state index in [9.17, 15) is 0 Å². The van der Waals surface area contributed by atoms with Gasteiger partial charge >= 0.3 is 0 Å². The second kappa shape index (κ2) is 4.47. The van der Waals surface area contributed by atoms with Gasteiger partial charge in [0.05, 0.1) is 0 Å². The van der Waals surface area contributed by atoms with Gasteiger partial charge in [0.2, 0.25) is 0 Å². The second-order valence-corrected chi connectivity index (χ2v) is 10.5. The highest BCUT2D eigenvalue weighted by Gasteiger charge is 2.17. The number of fused-ring (bicyclic) bond motifs is 1. The van der Waals surface area contributed by atoms with Gasteiger partial charge in [0.25, 0.3) is 0 Å². The van der Waals surface area contributed by atoms with Gasteiger partial charge in [-0.15, -0.1) is 11.5 Å². The van der Waals surface area contributed by atoms with Crippen LogP contribution in [0.3, 0.4) is 0 Å². The van der Waals surface area contributed by atoms with Gasteiger partial charge in [0.1, 0.15) is 8.07 Å². The van der Waals surface area contributed by atoms with Crippen LogP contribution >= 0.6 is 0 Å². The van der Waals surface area contributed by atoms with Crippen LogP contribution < -0.4 is 0 Å². The molecule has 16 heavy (non-hydrogen) atoms. The maximum absolute atomic E-state index is 3.51. The Hall–Kier alpha value is -1.00. The molecular weight excluding hydrogens is 208 g/mol. The Morgan fingerprint density at radius 2 is 1.81 bits per heavy atom. The van der Waals surface area contributed by atoms with Crippen molar-refractivity contribution in [3.63, 3.8) is 0 Å². The number of hydrogen-bond acceptors (Lipinski definition) is 0. The topological polar surface area (TPSA) is 0 Å². The molecule has 1 unspecified atom stereocenters. The molecule has 0 amide bonds. The van der Waals surface area contributed by atoms with E-state index < -0.39 is 8.07 Å². The van der Waals surface area contributed by atoms with Gasteiger partial charge in [-0.05, 0) is 30.4 Å². The van der Waals surface area contributed by atoms with E-state index in [-0.39, 0.29) is 0 Å². The zero-order valence-corrected chi connectivity index (χ0v) is 11.5. The first-order chi connectivity index (χ1) is 7.54. The minimum Gasteiger partial charge on any atom is -0.132 e. The molecule has 0 N–H and O–H groups in total. The molecule has 0 bridgehead atoms. The van der Waals surface area contributed by atoms with Crippen LogP contribution in [0, 0.1) is 17.4 Å². The van der Waals surface area contributed by atoms with E-state index in [2.05, 4.69) is 55.4 Å². The molecule has 1 aliphatic rings.